The number of nitrogens with zero attached hydrogens (tertiary/aromatic N) is 2. The lowest BCUT2D eigenvalue weighted by Gasteiger charge is -2.08. The minimum atomic E-state index is -0.267. The minimum Gasteiger partial charge on any atom is -0.359 e. The summed E-state index contributed by atoms with van der Waals surface area (Å²) in [7, 11) is 0. The van der Waals surface area contributed by atoms with Crippen LogP contribution in [-0.2, 0) is 0 Å². The van der Waals surface area contributed by atoms with E-state index in [1.807, 2.05) is 18.2 Å². The summed E-state index contributed by atoms with van der Waals surface area (Å²) in [6, 6.07) is 13.1. The van der Waals surface area contributed by atoms with Gasteiger partial charge in [0.05, 0.1) is 27.9 Å². The zero-order chi connectivity index (χ0) is 18.1. The van der Waals surface area contributed by atoms with Gasteiger partial charge in [0.2, 0.25) is 0 Å². The minimum absolute atomic E-state index is 0.267. The van der Waals surface area contributed by atoms with E-state index in [0.29, 0.717) is 17.3 Å². The van der Waals surface area contributed by atoms with Crippen LogP contribution in [0.15, 0.2) is 48.8 Å². The Kier molecular flexibility index (Phi) is 4.42. The van der Waals surface area contributed by atoms with Crippen molar-refractivity contribution in [2.24, 2.45) is 0 Å². The van der Waals surface area contributed by atoms with Crippen LogP contribution in [0.3, 0.4) is 0 Å². The lowest BCUT2D eigenvalue weighted by Crippen LogP contribution is -2.12. The number of aromatic nitrogens is 3. The average Bonchev–Trinajstić information content (AvgIpc) is 3.27. The van der Waals surface area contributed by atoms with E-state index in [9.17, 15) is 4.39 Å². The van der Waals surface area contributed by atoms with E-state index in [0.717, 1.165) is 33.0 Å². The van der Waals surface area contributed by atoms with Crippen molar-refractivity contribution in [2.75, 3.05) is 5.32 Å². The molecule has 0 fully saturated rings. The fourth-order valence-corrected chi connectivity index (χ4v) is 3.85. The Morgan fingerprint density at radius 2 is 2.08 bits per heavy atom. The molecule has 4 nitrogen and oxygen atoms in total. The van der Waals surface area contributed by atoms with E-state index in [-0.39, 0.29) is 5.82 Å². The lowest BCUT2D eigenvalue weighted by molar-refractivity contribution is 0.631. The number of hydrogen-bond donors (Lipinski definition) is 2. The van der Waals surface area contributed by atoms with Gasteiger partial charge in [-0.25, -0.2) is 14.4 Å². The van der Waals surface area contributed by atoms with Crippen molar-refractivity contribution >= 4 is 26.7 Å². The van der Waals surface area contributed by atoms with Crippen molar-refractivity contribution in [2.45, 2.75) is 26.3 Å². The van der Waals surface area contributed by atoms with Gasteiger partial charge in [0.1, 0.15) is 5.82 Å². The van der Waals surface area contributed by atoms with Crippen LogP contribution in [0.5, 0.6) is 0 Å². The molecule has 0 amide bonds. The monoisotopic (exact) mass is 366 g/mol. The molecule has 0 unspecified atom stereocenters. The maximum atomic E-state index is 14.2. The van der Waals surface area contributed by atoms with E-state index in [1.165, 1.54) is 6.07 Å². The van der Waals surface area contributed by atoms with Gasteiger partial charge in [0.15, 0.2) is 5.13 Å². The summed E-state index contributed by atoms with van der Waals surface area (Å²) in [5.74, 6) is -0.267. The highest BCUT2D eigenvalue weighted by Crippen LogP contribution is 2.34. The summed E-state index contributed by atoms with van der Waals surface area (Å²) < 4.78 is 15.3. The smallest absolute Gasteiger partial charge is 0.183 e. The number of thiazole rings is 1. The number of halogens is 1. The Bertz CT molecular complexity index is 1050. The third kappa shape index (κ3) is 3.08. The number of nitrogens with one attached hydrogen (secondary N) is 2. The zero-order valence-corrected chi connectivity index (χ0v) is 15.4. The number of fused-ring (bicyclic) bond motifs is 1. The van der Waals surface area contributed by atoms with Crippen LogP contribution in [0.4, 0.5) is 9.52 Å². The summed E-state index contributed by atoms with van der Waals surface area (Å²) in [6.07, 6.45) is 2.64. The molecule has 2 heterocycles. The van der Waals surface area contributed by atoms with Crippen molar-refractivity contribution in [3.63, 3.8) is 0 Å². The summed E-state index contributed by atoms with van der Waals surface area (Å²) in [5.41, 5.74) is 3.83. The molecule has 4 rings (SSSR count). The Morgan fingerprint density at radius 1 is 1.23 bits per heavy atom. The van der Waals surface area contributed by atoms with Gasteiger partial charge in [-0.15, -0.1) is 0 Å². The molecule has 4 aromatic rings. The van der Waals surface area contributed by atoms with E-state index in [2.05, 4.69) is 40.2 Å². The fraction of sp³-hybridized carbons (Fsp3) is 0.200. The van der Waals surface area contributed by atoms with E-state index >= 15 is 0 Å². The van der Waals surface area contributed by atoms with Gasteiger partial charge in [-0.2, -0.15) is 0 Å². The topological polar surface area (TPSA) is 53.6 Å². The quantitative estimate of drug-likeness (QED) is 0.476. The largest absolute Gasteiger partial charge is 0.359 e. The van der Waals surface area contributed by atoms with Gasteiger partial charge in [-0.05, 0) is 37.6 Å². The normalized spacial score (nSPS) is 12.4. The first-order chi connectivity index (χ1) is 12.7. The molecule has 0 saturated heterocycles. The summed E-state index contributed by atoms with van der Waals surface area (Å²) in [5, 5.41) is 4.34. The van der Waals surface area contributed by atoms with Crippen LogP contribution < -0.4 is 5.32 Å². The van der Waals surface area contributed by atoms with Gasteiger partial charge >= 0.3 is 0 Å². The van der Waals surface area contributed by atoms with Crippen LogP contribution in [0.25, 0.3) is 32.7 Å². The number of imidazole rings is 1. The second kappa shape index (κ2) is 6.88. The van der Waals surface area contributed by atoms with Gasteiger partial charge in [0.25, 0.3) is 0 Å². The Morgan fingerprint density at radius 3 is 2.88 bits per heavy atom. The van der Waals surface area contributed by atoms with Crippen molar-refractivity contribution in [3.05, 3.63) is 54.6 Å². The summed E-state index contributed by atoms with van der Waals surface area (Å²) in [4.78, 5) is 12.1. The number of benzene rings is 2. The van der Waals surface area contributed by atoms with Crippen LogP contribution in [0.1, 0.15) is 20.3 Å². The second-order valence-electron chi connectivity index (χ2n) is 6.26. The maximum absolute atomic E-state index is 14.2. The first kappa shape index (κ1) is 16.7. The van der Waals surface area contributed by atoms with Gasteiger partial charge in [0, 0.05) is 17.2 Å². The molecular formula is C20H19FN4S. The number of anilines is 1. The average molecular weight is 366 g/mol. The van der Waals surface area contributed by atoms with Crippen LogP contribution in [0, 0.1) is 5.82 Å². The van der Waals surface area contributed by atoms with Crippen molar-refractivity contribution < 1.29 is 4.39 Å². The van der Waals surface area contributed by atoms with Crippen LogP contribution in [-0.4, -0.2) is 21.0 Å². The molecule has 0 aliphatic heterocycles. The van der Waals surface area contributed by atoms with Gasteiger partial charge < -0.3 is 10.3 Å². The predicted octanol–water partition coefficient (Wildman–Crippen LogP) is 5.70. The molecule has 1 atom stereocenters. The molecule has 6 heteroatoms. The molecule has 0 spiro atoms. The molecule has 2 aromatic carbocycles. The third-order valence-electron chi connectivity index (χ3n) is 4.43. The molecule has 0 aliphatic rings. The Hall–Kier alpha value is -2.73. The molecule has 2 N–H and O–H groups in total. The predicted molar refractivity (Wildman–Crippen MR) is 106 cm³/mol. The number of hydrogen-bond acceptors (Lipinski definition) is 4. The zero-order valence-electron chi connectivity index (χ0n) is 14.6. The van der Waals surface area contributed by atoms with Crippen LogP contribution >= 0.6 is 11.3 Å². The highest BCUT2D eigenvalue weighted by molar-refractivity contribution is 7.22. The molecule has 0 bridgehead atoms. The fourth-order valence-electron chi connectivity index (χ4n) is 2.83. The molecule has 132 valence electrons. The standard InChI is InChI=1S/C20H19FN4S/c1-3-12(2)24-20-25-16-9-8-13(10-17(16)26-20)18-19(23-11-22-18)14-6-4-5-7-15(14)21/h4-12H,3H2,1-2H3,(H,22,23)(H,24,25)/t12-/m1/s1. The molecule has 2 aromatic heterocycles. The Balaban J connectivity index is 1.74. The van der Waals surface area contributed by atoms with Crippen molar-refractivity contribution in [1.82, 2.24) is 15.0 Å². The first-order valence-corrected chi connectivity index (χ1v) is 9.43. The third-order valence-corrected chi connectivity index (χ3v) is 5.38. The summed E-state index contributed by atoms with van der Waals surface area (Å²) in [6.45, 7) is 4.28. The van der Waals surface area contributed by atoms with E-state index in [1.54, 1.807) is 29.8 Å². The van der Waals surface area contributed by atoms with Crippen LogP contribution in [0.2, 0.25) is 0 Å². The van der Waals surface area contributed by atoms with Gasteiger partial charge in [-0.3, -0.25) is 0 Å². The molecule has 0 saturated carbocycles. The molecule has 0 aliphatic carbocycles. The molecule has 0 radical (unpaired) electrons. The number of H-pyrrole nitrogens is 1. The SMILES string of the molecule is CC[C@@H](C)Nc1nc2ccc(-c3nc[nH]c3-c3ccccc3F)cc2s1. The molecule has 26 heavy (non-hydrogen) atoms. The number of aromatic amines is 1. The number of rotatable bonds is 5. The molecular weight excluding hydrogens is 347 g/mol. The van der Waals surface area contributed by atoms with Crippen molar-refractivity contribution in [1.29, 1.82) is 0 Å². The summed E-state index contributed by atoms with van der Waals surface area (Å²) >= 11 is 1.62. The maximum Gasteiger partial charge on any atom is 0.183 e. The highest BCUT2D eigenvalue weighted by Gasteiger charge is 2.15. The van der Waals surface area contributed by atoms with E-state index in [4.69, 9.17) is 0 Å². The Labute approximate surface area is 155 Å². The van der Waals surface area contributed by atoms with E-state index < -0.39 is 0 Å². The highest BCUT2D eigenvalue weighted by atomic mass is 32.1. The van der Waals surface area contributed by atoms with Gasteiger partial charge in [-0.1, -0.05) is 36.5 Å². The van der Waals surface area contributed by atoms with Crippen molar-refractivity contribution in [3.8, 4) is 22.5 Å². The lowest BCUT2D eigenvalue weighted by atomic mass is 10.0. The second-order valence-corrected chi connectivity index (χ2v) is 7.29. The first-order valence-electron chi connectivity index (χ1n) is 8.61.